The van der Waals surface area contributed by atoms with Crippen molar-refractivity contribution in [1.82, 2.24) is 0 Å². The monoisotopic (exact) mass is 220 g/mol. The molecule has 0 unspecified atom stereocenters. The van der Waals surface area contributed by atoms with Crippen LogP contribution in [0.2, 0.25) is 0 Å². The number of hydrogen-bond acceptors (Lipinski definition) is 0. The minimum absolute atomic E-state index is 1.18. The van der Waals surface area contributed by atoms with Gasteiger partial charge in [-0.2, -0.15) is 0 Å². The van der Waals surface area contributed by atoms with Crippen LogP contribution in [0.1, 0.15) is 23.1 Å². The topological polar surface area (TPSA) is 0 Å². The van der Waals surface area contributed by atoms with E-state index < -0.39 is 0 Å². The maximum absolute atomic E-state index is 2.29. The Labute approximate surface area is 103 Å². The van der Waals surface area contributed by atoms with E-state index in [-0.39, 0.29) is 0 Å². The van der Waals surface area contributed by atoms with Crippen LogP contribution in [0.3, 0.4) is 0 Å². The second-order valence-corrected chi connectivity index (χ2v) is 4.62. The van der Waals surface area contributed by atoms with Crippen molar-refractivity contribution in [2.45, 2.75) is 19.8 Å². The summed E-state index contributed by atoms with van der Waals surface area (Å²) in [5, 5.41) is 0. The molecule has 0 atom stereocenters. The fourth-order valence-electron chi connectivity index (χ4n) is 2.61. The second-order valence-electron chi connectivity index (χ2n) is 4.62. The molecule has 3 rings (SSSR count). The van der Waals surface area contributed by atoms with Gasteiger partial charge in [0.1, 0.15) is 0 Å². The minimum atomic E-state index is 1.18. The van der Waals surface area contributed by atoms with Crippen LogP contribution in [0.15, 0.2) is 48.5 Å². The Balaban J connectivity index is 2.18. The van der Waals surface area contributed by atoms with Crippen LogP contribution in [0.4, 0.5) is 0 Å². The quantitative estimate of drug-likeness (QED) is 0.657. The summed E-state index contributed by atoms with van der Waals surface area (Å²) in [4.78, 5) is 0. The van der Waals surface area contributed by atoms with Crippen molar-refractivity contribution in [2.24, 2.45) is 0 Å². The number of fused-ring (bicyclic) bond motifs is 1. The van der Waals surface area contributed by atoms with Gasteiger partial charge in [-0.1, -0.05) is 54.6 Å². The van der Waals surface area contributed by atoms with Gasteiger partial charge in [0.05, 0.1) is 0 Å². The van der Waals surface area contributed by atoms with Crippen LogP contribution in [-0.2, 0) is 6.42 Å². The van der Waals surface area contributed by atoms with E-state index in [1.807, 2.05) is 0 Å². The average molecular weight is 220 g/mol. The van der Waals surface area contributed by atoms with Crippen molar-refractivity contribution in [3.63, 3.8) is 0 Å². The molecule has 0 radical (unpaired) electrons. The van der Waals surface area contributed by atoms with E-state index in [9.17, 15) is 0 Å². The van der Waals surface area contributed by atoms with Gasteiger partial charge in [-0.3, -0.25) is 0 Å². The number of hydrogen-bond donors (Lipinski definition) is 0. The van der Waals surface area contributed by atoms with Crippen molar-refractivity contribution in [3.05, 3.63) is 65.2 Å². The molecule has 0 aliphatic heterocycles. The van der Waals surface area contributed by atoms with E-state index >= 15 is 0 Å². The van der Waals surface area contributed by atoms with E-state index in [4.69, 9.17) is 0 Å². The molecule has 0 heterocycles. The lowest BCUT2D eigenvalue weighted by Gasteiger charge is -2.16. The summed E-state index contributed by atoms with van der Waals surface area (Å²) in [5.41, 5.74) is 7.00. The van der Waals surface area contributed by atoms with E-state index in [2.05, 4.69) is 61.5 Å². The lowest BCUT2D eigenvalue weighted by atomic mass is 9.88. The summed E-state index contributed by atoms with van der Waals surface area (Å²) in [6.45, 7) is 2.23. The molecule has 0 saturated heterocycles. The van der Waals surface area contributed by atoms with Gasteiger partial charge in [-0.25, -0.2) is 0 Å². The zero-order chi connectivity index (χ0) is 11.7. The van der Waals surface area contributed by atoms with Crippen LogP contribution in [0, 0.1) is 6.92 Å². The minimum Gasteiger partial charge on any atom is -0.0836 e. The smallest absolute Gasteiger partial charge is 0.0149 e. The predicted octanol–water partition coefficient (Wildman–Crippen LogP) is 4.62. The molecule has 0 fully saturated rings. The first-order chi connectivity index (χ1) is 8.36. The van der Waals surface area contributed by atoms with Crippen LogP contribution < -0.4 is 0 Å². The Hall–Kier alpha value is -1.82. The average Bonchev–Trinajstić information content (AvgIpc) is 2.40. The summed E-state index contributed by atoms with van der Waals surface area (Å²) < 4.78 is 0. The van der Waals surface area contributed by atoms with Crippen molar-refractivity contribution < 1.29 is 0 Å². The van der Waals surface area contributed by atoms with Gasteiger partial charge in [0, 0.05) is 0 Å². The largest absolute Gasteiger partial charge is 0.0836 e. The third-order valence-electron chi connectivity index (χ3n) is 3.55. The molecule has 2 aromatic rings. The lowest BCUT2D eigenvalue weighted by Crippen LogP contribution is -1.98. The zero-order valence-corrected chi connectivity index (χ0v) is 10.1. The Morgan fingerprint density at radius 2 is 1.76 bits per heavy atom. The van der Waals surface area contributed by atoms with Gasteiger partial charge >= 0.3 is 0 Å². The molecular formula is C17H16. The number of aryl methyl sites for hydroxylation is 1. The molecule has 1 aliphatic rings. The van der Waals surface area contributed by atoms with Crippen molar-refractivity contribution in [1.29, 1.82) is 0 Å². The van der Waals surface area contributed by atoms with Crippen LogP contribution in [0.5, 0.6) is 0 Å². The number of allylic oxidation sites excluding steroid dienone is 1. The summed E-state index contributed by atoms with van der Waals surface area (Å²) in [6.07, 6.45) is 6.92. The van der Waals surface area contributed by atoms with Crippen molar-refractivity contribution >= 4 is 6.08 Å². The number of rotatable bonds is 1. The van der Waals surface area contributed by atoms with E-state index in [1.165, 1.54) is 40.7 Å². The highest BCUT2D eigenvalue weighted by atomic mass is 14.1. The first-order valence-electron chi connectivity index (χ1n) is 6.21. The summed E-state index contributed by atoms with van der Waals surface area (Å²) in [6, 6.07) is 15.2. The van der Waals surface area contributed by atoms with E-state index in [1.54, 1.807) is 0 Å². The van der Waals surface area contributed by atoms with Gasteiger partial charge in [0.25, 0.3) is 0 Å². The number of benzene rings is 2. The van der Waals surface area contributed by atoms with Gasteiger partial charge in [-0.05, 0) is 47.6 Å². The van der Waals surface area contributed by atoms with E-state index in [0.717, 1.165) is 0 Å². The lowest BCUT2D eigenvalue weighted by molar-refractivity contribution is 0.981. The highest BCUT2D eigenvalue weighted by Crippen LogP contribution is 2.31. The molecule has 0 nitrogen and oxygen atoms in total. The Morgan fingerprint density at radius 1 is 0.941 bits per heavy atom. The molecule has 0 N–H and O–H groups in total. The normalized spacial score (nSPS) is 13.5. The molecule has 2 aromatic carbocycles. The Morgan fingerprint density at radius 3 is 2.59 bits per heavy atom. The molecule has 1 aliphatic carbocycles. The fourth-order valence-corrected chi connectivity index (χ4v) is 2.61. The summed E-state index contributed by atoms with van der Waals surface area (Å²) in [5.74, 6) is 0. The molecule has 0 amide bonds. The fraction of sp³-hybridized carbons (Fsp3) is 0.176. The summed E-state index contributed by atoms with van der Waals surface area (Å²) in [7, 11) is 0. The highest BCUT2D eigenvalue weighted by Gasteiger charge is 2.10. The summed E-state index contributed by atoms with van der Waals surface area (Å²) >= 11 is 0. The first kappa shape index (κ1) is 10.3. The molecule has 84 valence electrons. The first-order valence-corrected chi connectivity index (χ1v) is 6.21. The molecular weight excluding hydrogens is 204 g/mol. The molecule has 0 aromatic heterocycles. The van der Waals surface area contributed by atoms with Crippen molar-refractivity contribution in [3.8, 4) is 11.1 Å². The predicted molar refractivity (Wildman–Crippen MR) is 74.0 cm³/mol. The Kier molecular flexibility index (Phi) is 2.56. The van der Waals surface area contributed by atoms with Gasteiger partial charge < -0.3 is 0 Å². The molecule has 0 saturated carbocycles. The third-order valence-corrected chi connectivity index (χ3v) is 3.55. The highest BCUT2D eigenvalue weighted by molar-refractivity contribution is 5.74. The van der Waals surface area contributed by atoms with Crippen molar-refractivity contribution in [2.75, 3.05) is 0 Å². The standard InChI is InChI=1S/C17H16/c1-13-16-10-6-5-9-15(16)11-12-17(13)14-7-3-2-4-8-14/h2-4,6-8,10-12H,5,9H2,1H3. The zero-order valence-electron chi connectivity index (χ0n) is 10.1. The van der Waals surface area contributed by atoms with Crippen LogP contribution in [0.25, 0.3) is 17.2 Å². The molecule has 17 heavy (non-hydrogen) atoms. The third kappa shape index (κ3) is 1.80. The van der Waals surface area contributed by atoms with Crippen LogP contribution >= 0.6 is 0 Å². The van der Waals surface area contributed by atoms with E-state index in [0.29, 0.717) is 0 Å². The molecule has 0 spiro atoms. The van der Waals surface area contributed by atoms with Gasteiger partial charge in [-0.15, -0.1) is 0 Å². The maximum atomic E-state index is 2.29. The van der Waals surface area contributed by atoms with Crippen LogP contribution in [-0.4, -0.2) is 0 Å². The second kappa shape index (κ2) is 4.21. The Bertz CT molecular complexity index is 562. The molecule has 0 bridgehead atoms. The SMILES string of the molecule is Cc1c(-c2ccccc2)ccc2c1C=CCC2. The van der Waals surface area contributed by atoms with Gasteiger partial charge in [0.2, 0.25) is 0 Å². The maximum Gasteiger partial charge on any atom is -0.0149 e. The molecule has 0 heteroatoms. The van der Waals surface area contributed by atoms with Gasteiger partial charge in [0.15, 0.2) is 0 Å².